The second-order valence-electron chi connectivity index (χ2n) is 7.81. The van der Waals surface area contributed by atoms with Gasteiger partial charge in [-0.2, -0.15) is 0 Å². The first kappa shape index (κ1) is 22.7. The predicted octanol–water partition coefficient (Wildman–Crippen LogP) is 5.30. The third-order valence-electron chi connectivity index (χ3n) is 5.56. The average Bonchev–Trinajstić information content (AvgIpc) is 2.95. The third kappa shape index (κ3) is 5.12. The molecule has 1 aliphatic rings. The van der Waals surface area contributed by atoms with Gasteiger partial charge in [0.1, 0.15) is 11.5 Å². The van der Waals surface area contributed by atoms with Crippen molar-refractivity contribution in [2.75, 3.05) is 12.4 Å². The van der Waals surface area contributed by atoms with Gasteiger partial charge in [-0.05, 0) is 54.4 Å². The largest absolute Gasteiger partial charge is 0.497 e. The lowest BCUT2D eigenvalue weighted by molar-refractivity contribution is -0.139. The van der Waals surface area contributed by atoms with E-state index in [0.29, 0.717) is 41.5 Å². The van der Waals surface area contributed by atoms with E-state index < -0.39 is 6.10 Å². The number of halogens is 1. The summed E-state index contributed by atoms with van der Waals surface area (Å²) in [5.41, 5.74) is 2.82. The number of hydrogen-bond donors (Lipinski definition) is 1. The molecule has 0 aromatic heterocycles. The number of anilines is 1. The van der Waals surface area contributed by atoms with Gasteiger partial charge in [0.2, 0.25) is 0 Å². The summed E-state index contributed by atoms with van der Waals surface area (Å²) in [7, 11) is 1.62. The molecule has 1 atom stereocenters. The molecular formula is C26H25ClN2O4. The molecule has 0 aliphatic carbocycles. The fraction of sp³-hybridized carbons (Fsp3) is 0.231. The van der Waals surface area contributed by atoms with Crippen molar-refractivity contribution in [2.45, 2.75) is 32.5 Å². The zero-order valence-corrected chi connectivity index (χ0v) is 19.3. The maximum absolute atomic E-state index is 13.1. The number of nitrogens with zero attached hydrogens (tertiary/aromatic N) is 1. The number of carbonyl (C=O) groups excluding carboxylic acids is 2. The summed E-state index contributed by atoms with van der Waals surface area (Å²) in [6.07, 6.45) is -0.00406. The van der Waals surface area contributed by atoms with Crippen molar-refractivity contribution < 1.29 is 19.1 Å². The van der Waals surface area contributed by atoms with Gasteiger partial charge in [0.05, 0.1) is 17.7 Å². The van der Waals surface area contributed by atoms with Crippen molar-refractivity contribution in [2.24, 2.45) is 0 Å². The zero-order chi connectivity index (χ0) is 23.4. The molecule has 4 rings (SSSR count). The average molecular weight is 465 g/mol. The molecule has 0 spiro atoms. The topological polar surface area (TPSA) is 67.9 Å². The van der Waals surface area contributed by atoms with E-state index in [-0.39, 0.29) is 11.8 Å². The quantitative estimate of drug-likeness (QED) is 0.537. The molecular weight excluding hydrogens is 440 g/mol. The van der Waals surface area contributed by atoms with E-state index in [1.807, 2.05) is 37.3 Å². The number of benzene rings is 3. The van der Waals surface area contributed by atoms with E-state index in [2.05, 4.69) is 5.32 Å². The van der Waals surface area contributed by atoms with Crippen molar-refractivity contribution >= 4 is 29.1 Å². The lowest BCUT2D eigenvalue weighted by atomic mass is 10.1. The SMILES string of the molecule is CC[C@@H]1Oc2ccc(NC(=O)c3ccccc3Cl)cc2CN(Cc2ccc(OC)cc2)C1=O. The Morgan fingerprint density at radius 1 is 1.15 bits per heavy atom. The Bertz CT molecular complexity index is 1160. The van der Waals surface area contributed by atoms with Gasteiger partial charge in [0.25, 0.3) is 11.8 Å². The van der Waals surface area contributed by atoms with E-state index in [1.165, 1.54) is 0 Å². The van der Waals surface area contributed by atoms with Crippen LogP contribution in [-0.2, 0) is 17.9 Å². The Hall–Kier alpha value is -3.51. The molecule has 0 fully saturated rings. The van der Waals surface area contributed by atoms with Crippen LogP contribution in [-0.4, -0.2) is 29.9 Å². The number of hydrogen-bond acceptors (Lipinski definition) is 4. The van der Waals surface area contributed by atoms with Gasteiger partial charge in [-0.3, -0.25) is 9.59 Å². The van der Waals surface area contributed by atoms with E-state index in [9.17, 15) is 9.59 Å². The summed E-state index contributed by atoms with van der Waals surface area (Å²) in [5.74, 6) is 1.04. The lowest BCUT2D eigenvalue weighted by Crippen LogP contribution is -2.38. The maximum Gasteiger partial charge on any atom is 0.264 e. The van der Waals surface area contributed by atoms with Crippen LogP contribution in [0.3, 0.4) is 0 Å². The van der Waals surface area contributed by atoms with Gasteiger partial charge in [-0.15, -0.1) is 0 Å². The molecule has 0 unspecified atom stereocenters. The van der Waals surface area contributed by atoms with Crippen LogP contribution in [0.1, 0.15) is 34.8 Å². The molecule has 1 aliphatic heterocycles. The van der Waals surface area contributed by atoms with Crippen LogP contribution in [0.4, 0.5) is 5.69 Å². The number of nitrogens with one attached hydrogen (secondary N) is 1. The fourth-order valence-corrected chi connectivity index (χ4v) is 4.00. The number of rotatable bonds is 6. The van der Waals surface area contributed by atoms with Gasteiger partial charge in [0.15, 0.2) is 6.10 Å². The Kier molecular flexibility index (Phi) is 6.84. The zero-order valence-electron chi connectivity index (χ0n) is 18.5. The highest BCUT2D eigenvalue weighted by Gasteiger charge is 2.30. The van der Waals surface area contributed by atoms with E-state index >= 15 is 0 Å². The van der Waals surface area contributed by atoms with Crippen LogP contribution in [0.5, 0.6) is 11.5 Å². The molecule has 170 valence electrons. The van der Waals surface area contributed by atoms with Crippen LogP contribution >= 0.6 is 11.6 Å². The lowest BCUT2D eigenvalue weighted by Gasteiger charge is -2.23. The molecule has 3 aromatic carbocycles. The fourth-order valence-electron chi connectivity index (χ4n) is 3.77. The minimum atomic E-state index is -0.562. The van der Waals surface area contributed by atoms with Crippen LogP contribution in [0, 0.1) is 0 Å². The summed E-state index contributed by atoms with van der Waals surface area (Å²) in [6.45, 7) is 2.74. The highest BCUT2D eigenvalue weighted by Crippen LogP contribution is 2.31. The van der Waals surface area contributed by atoms with E-state index in [0.717, 1.165) is 16.9 Å². The minimum Gasteiger partial charge on any atom is -0.497 e. The highest BCUT2D eigenvalue weighted by atomic mass is 35.5. The van der Waals surface area contributed by atoms with Gasteiger partial charge >= 0.3 is 0 Å². The number of fused-ring (bicyclic) bond motifs is 1. The second kappa shape index (κ2) is 9.96. The summed E-state index contributed by atoms with van der Waals surface area (Å²) in [5, 5.41) is 3.27. The first-order valence-electron chi connectivity index (χ1n) is 10.8. The molecule has 0 saturated heterocycles. The molecule has 1 N–H and O–H groups in total. The normalized spacial score (nSPS) is 15.3. The van der Waals surface area contributed by atoms with E-state index in [1.54, 1.807) is 48.4 Å². The minimum absolute atomic E-state index is 0.0637. The Labute approximate surface area is 198 Å². The Balaban J connectivity index is 1.58. The summed E-state index contributed by atoms with van der Waals surface area (Å²) in [6, 6.07) is 19.9. The maximum atomic E-state index is 13.1. The molecule has 0 bridgehead atoms. The Morgan fingerprint density at radius 3 is 2.61 bits per heavy atom. The molecule has 2 amide bonds. The second-order valence-corrected chi connectivity index (χ2v) is 8.22. The van der Waals surface area contributed by atoms with Gasteiger partial charge < -0.3 is 19.7 Å². The van der Waals surface area contributed by atoms with Crippen molar-refractivity contribution in [1.82, 2.24) is 4.90 Å². The monoisotopic (exact) mass is 464 g/mol. The molecule has 1 heterocycles. The number of carbonyl (C=O) groups is 2. The Morgan fingerprint density at radius 2 is 1.91 bits per heavy atom. The number of methoxy groups -OCH3 is 1. The molecule has 7 heteroatoms. The van der Waals surface area contributed by atoms with Gasteiger partial charge in [-0.25, -0.2) is 0 Å². The van der Waals surface area contributed by atoms with Crippen LogP contribution in [0.2, 0.25) is 5.02 Å². The predicted molar refractivity (Wildman–Crippen MR) is 128 cm³/mol. The molecule has 33 heavy (non-hydrogen) atoms. The summed E-state index contributed by atoms with van der Waals surface area (Å²) in [4.78, 5) is 27.6. The molecule has 0 radical (unpaired) electrons. The molecule has 0 saturated carbocycles. The van der Waals surface area contributed by atoms with Crippen LogP contribution < -0.4 is 14.8 Å². The first-order valence-corrected chi connectivity index (χ1v) is 11.1. The third-order valence-corrected chi connectivity index (χ3v) is 5.89. The van der Waals surface area contributed by atoms with Crippen molar-refractivity contribution in [3.05, 3.63) is 88.4 Å². The smallest absolute Gasteiger partial charge is 0.264 e. The standard InChI is InChI=1S/C26H25ClN2O4/c1-3-23-26(31)29(15-17-8-11-20(32-2)12-9-17)16-18-14-19(10-13-24(18)33-23)28-25(30)21-6-4-5-7-22(21)27/h4-14,23H,3,15-16H2,1-2H3,(H,28,30)/t23-/m0/s1. The van der Waals surface area contributed by atoms with Crippen LogP contribution in [0.15, 0.2) is 66.7 Å². The summed E-state index contributed by atoms with van der Waals surface area (Å²) < 4.78 is 11.3. The van der Waals surface area contributed by atoms with Crippen molar-refractivity contribution in [3.8, 4) is 11.5 Å². The van der Waals surface area contributed by atoms with Crippen molar-refractivity contribution in [3.63, 3.8) is 0 Å². The highest BCUT2D eigenvalue weighted by molar-refractivity contribution is 6.34. The van der Waals surface area contributed by atoms with Gasteiger partial charge in [0, 0.05) is 24.3 Å². The molecule has 3 aromatic rings. The number of ether oxygens (including phenoxy) is 2. The van der Waals surface area contributed by atoms with Gasteiger partial charge in [-0.1, -0.05) is 42.8 Å². The summed E-state index contributed by atoms with van der Waals surface area (Å²) >= 11 is 6.15. The van der Waals surface area contributed by atoms with Crippen LogP contribution in [0.25, 0.3) is 0 Å². The molecule has 6 nitrogen and oxygen atoms in total. The number of amides is 2. The van der Waals surface area contributed by atoms with Crippen molar-refractivity contribution in [1.29, 1.82) is 0 Å². The first-order chi connectivity index (χ1) is 16.0. The van der Waals surface area contributed by atoms with E-state index in [4.69, 9.17) is 21.1 Å².